The van der Waals surface area contributed by atoms with Crippen molar-refractivity contribution in [3.63, 3.8) is 0 Å². The molecule has 0 saturated heterocycles. The number of benzene rings is 2. The third kappa shape index (κ3) is 11.1. The van der Waals surface area contributed by atoms with Crippen LogP contribution in [0.15, 0.2) is 40.8 Å². The Morgan fingerprint density at radius 1 is 0.646 bits per heavy atom. The number of nitrogens with zero attached hydrogens (tertiary/aromatic N) is 4. The molecule has 0 bridgehead atoms. The van der Waals surface area contributed by atoms with Gasteiger partial charge in [-0.05, 0) is 30.3 Å². The van der Waals surface area contributed by atoms with Crippen molar-refractivity contribution in [2.75, 3.05) is 108 Å². The fourth-order valence-electron chi connectivity index (χ4n) is 4.64. The van der Waals surface area contributed by atoms with E-state index < -0.39 is 23.6 Å². The van der Waals surface area contributed by atoms with Crippen LogP contribution >= 0.6 is 0 Å². The van der Waals surface area contributed by atoms with Crippen LogP contribution in [-0.2, 0) is 19.2 Å². The van der Waals surface area contributed by atoms with Crippen molar-refractivity contribution in [2.24, 2.45) is 0 Å². The molecule has 8 N–H and O–H groups in total. The van der Waals surface area contributed by atoms with E-state index >= 15 is 0 Å². The third-order valence-electron chi connectivity index (χ3n) is 6.87. The van der Waals surface area contributed by atoms with Gasteiger partial charge >= 0.3 is 0 Å². The number of amides is 4. The van der Waals surface area contributed by atoms with E-state index in [9.17, 15) is 39.6 Å². The van der Waals surface area contributed by atoms with E-state index in [1.807, 2.05) is 43.3 Å². The molecule has 262 valence electrons. The molecule has 2 aromatic carbocycles. The summed E-state index contributed by atoms with van der Waals surface area (Å²) in [5.41, 5.74) is 2.75. The van der Waals surface area contributed by atoms with Crippen LogP contribution in [0.1, 0.15) is 0 Å². The van der Waals surface area contributed by atoms with Crippen LogP contribution in [0.5, 0.6) is 0 Å². The number of nitrogens with one attached hydrogen (secondary N) is 4. The molecule has 17 nitrogen and oxygen atoms in total. The second kappa shape index (κ2) is 19.0. The summed E-state index contributed by atoms with van der Waals surface area (Å²) in [6.07, 6.45) is 0. The van der Waals surface area contributed by atoms with Gasteiger partial charge in [0.05, 0.1) is 64.0 Å². The van der Waals surface area contributed by atoms with Crippen molar-refractivity contribution in [3.05, 3.63) is 36.4 Å². The number of fused-ring (bicyclic) bond motifs is 1. The van der Waals surface area contributed by atoms with Gasteiger partial charge in [-0.2, -0.15) is 0 Å². The molecule has 4 amide bonds. The van der Waals surface area contributed by atoms with Gasteiger partial charge in [-0.1, -0.05) is 0 Å². The number of carbonyl (C=O) groups is 4. The summed E-state index contributed by atoms with van der Waals surface area (Å²) >= 11 is 0. The highest BCUT2D eigenvalue weighted by Crippen LogP contribution is 2.36. The van der Waals surface area contributed by atoms with E-state index in [-0.39, 0.29) is 102 Å². The summed E-state index contributed by atoms with van der Waals surface area (Å²) in [4.78, 5) is 61.1. The lowest BCUT2D eigenvalue weighted by Gasteiger charge is -2.31. The van der Waals surface area contributed by atoms with Crippen LogP contribution in [-0.4, -0.2) is 142 Å². The van der Waals surface area contributed by atoms with Crippen molar-refractivity contribution in [3.8, 4) is 11.5 Å². The molecule has 3 aromatic rings. The summed E-state index contributed by atoms with van der Waals surface area (Å²) < 4.78 is 6.14. The van der Waals surface area contributed by atoms with E-state index in [0.29, 0.717) is 11.1 Å². The fraction of sp³-hybridized carbons (Fsp3) is 0.452. The minimum atomic E-state index is -0.530. The highest BCUT2D eigenvalue weighted by Gasteiger charge is 2.26. The number of aromatic nitrogens is 1. The Balaban J connectivity index is 2.20. The summed E-state index contributed by atoms with van der Waals surface area (Å²) in [6.45, 7) is -2.86. The molecular weight excluding hydrogens is 628 g/mol. The molecule has 0 aliphatic heterocycles. The zero-order valence-electron chi connectivity index (χ0n) is 27.1. The maximum atomic E-state index is 12.9. The zero-order valence-corrected chi connectivity index (χ0v) is 27.1. The van der Waals surface area contributed by atoms with Crippen LogP contribution in [0.3, 0.4) is 0 Å². The lowest BCUT2D eigenvalue weighted by molar-refractivity contribution is -0.122. The van der Waals surface area contributed by atoms with Gasteiger partial charge in [0.2, 0.25) is 29.5 Å². The van der Waals surface area contributed by atoms with Crippen molar-refractivity contribution in [1.29, 1.82) is 0 Å². The van der Waals surface area contributed by atoms with Gasteiger partial charge in [0, 0.05) is 57.6 Å². The number of anilines is 3. The zero-order chi connectivity index (χ0) is 35.1. The lowest BCUT2D eigenvalue weighted by atomic mass is 10.1. The average molecular weight is 673 g/mol. The number of hydrogen-bond donors (Lipinski definition) is 8. The van der Waals surface area contributed by atoms with E-state index in [1.165, 1.54) is 9.80 Å². The molecular formula is C31H44N8O9. The predicted octanol–water partition coefficient (Wildman–Crippen LogP) is -2.39. The van der Waals surface area contributed by atoms with Crippen LogP contribution in [0.4, 0.5) is 17.1 Å². The van der Waals surface area contributed by atoms with Gasteiger partial charge in [-0.25, -0.2) is 4.98 Å². The topological polar surface area (TPSA) is 233 Å². The van der Waals surface area contributed by atoms with Gasteiger partial charge in [-0.3, -0.25) is 19.2 Å². The second-order valence-corrected chi connectivity index (χ2v) is 10.8. The van der Waals surface area contributed by atoms with Gasteiger partial charge in [-0.15, -0.1) is 0 Å². The summed E-state index contributed by atoms with van der Waals surface area (Å²) in [7, 11) is 3.83. The van der Waals surface area contributed by atoms with Crippen molar-refractivity contribution in [2.45, 2.75) is 0 Å². The number of oxazole rings is 1. The first kappa shape index (κ1) is 37.5. The molecule has 17 heteroatoms. The molecule has 0 atom stereocenters. The Hall–Kier alpha value is -4.97. The van der Waals surface area contributed by atoms with Gasteiger partial charge in [0.1, 0.15) is 5.52 Å². The molecule has 0 fully saturated rings. The molecule has 0 aliphatic carbocycles. The Morgan fingerprint density at radius 3 is 1.42 bits per heavy atom. The number of hydrogen-bond acceptors (Lipinski definition) is 13. The maximum absolute atomic E-state index is 12.9. The quantitative estimate of drug-likeness (QED) is 0.0627. The summed E-state index contributed by atoms with van der Waals surface area (Å²) in [6, 6.07) is 10.6. The van der Waals surface area contributed by atoms with Crippen LogP contribution in [0.2, 0.25) is 0 Å². The maximum Gasteiger partial charge on any atom is 0.239 e. The highest BCUT2D eigenvalue weighted by atomic mass is 16.3. The lowest BCUT2D eigenvalue weighted by Crippen LogP contribution is -2.46. The van der Waals surface area contributed by atoms with Crippen LogP contribution in [0, 0.1) is 0 Å². The second-order valence-electron chi connectivity index (χ2n) is 10.8. The average Bonchev–Trinajstić information content (AvgIpc) is 3.50. The summed E-state index contributed by atoms with van der Waals surface area (Å²) in [5, 5.41) is 47.1. The first-order valence-corrected chi connectivity index (χ1v) is 15.3. The highest BCUT2D eigenvalue weighted by molar-refractivity contribution is 5.96. The van der Waals surface area contributed by atoms with Crippen molar-refractivity contribution >= 4 is 51.8 Å². The standard InChI is InChI=1S/C31H44N8O9/c1-37(2)22-5-3-21(4-6-22)31-36-23-15-24(38(17-27(44)32-7-11-40)18-28(45)33-8-12-41)25(16-26(23)48-31)39(19-29(46)34-9-13-42)20-30(47)35-10-14-43/h3-6,15-16,40-43H,7-14,17-20H2,1-2H3,(H,32,44)(H,33,45)(H,34,46)(H,35,47). The van der Waals surface area contributed by atoms with E-state index in [4.69, 9.17) is 4.42 Å². The van der Waals surface area contributed by atoms with Gasteiger partial charge < -0.3 is 60.8 Å². The van der Waals surface area contributed by atoms with E-state index in [1.54, 1.807) is 12.1 Å². The molecule has 1 heterocycles. The van der Waals surface area contributed by atoms with Gasteiger partial charge in [0.15, 0.2) is 5.58 Å². The number of carbonyl (C=O) groups excluding carboxylic acids is 4. The van der Waals surface area contributed by atoms with Crippen molar-refractivity contribution in [1.82, 2.24) is 26.3 Å². The minimum Gasteiger partial charge on any atom is -0.436 e. The Labute approximate surface area is 277 Å². The monoisotopic (exact) mass is 672 g/mol. The fourth-order valence-corrected chi connectivity index (χ4v) is 4.64. The van der Waals surface area contributed by atoms with Crippen LogP contribution in [0.25, 0.3) is 22.6 Å². The molecule has 0 spiro atoms. The molecule has 1 aromatic heterocycles. The largest absolute Gasteiger partial charge is 0.436 e. The van der Waals surface area contributed by atoms with E-state index in [2.05, 4.69) is 26.3 Å². The number of aliphatic hydroxyl groups is 4. The van der Waals surface area contributed by atoms with Crippen molar-refractivity contribution < 1.29 is 44.0 Å². The smallest absolute Gasteiger partial charge is 0.239 e. The molecule has 0 aliphatic rings. The number of aliphatic hydroxyl groups excluding tert-OH is 4. The third-order valence-corrected chi connectivity index (χ3v) is 6.87. The predicted molar refractivity (Wildman–Crippen MR) is 179 cm³/mol. The molecule has 0 saturated carbocycles. The normalized spacial score (nSPS) is 10.8. The first-order chi connectivity index (χ1) is 23.1. The summed E-state index contributed by atoms with van der Waals surface area (Å²) in [5.74, 6) is -1.84. The van der Waals surface area contributed by atoms with Gasteiger partial charge in [0.25, 0.3) is 0 Å². The number of rotatable bonds is 20. The molecule has 0 radical (unpaired) electrons. The molecule has 0 unspecified atom stereocenters. The first-order valence-electron chi connectivity index (χ1n) is 15.3. The Bertz CT molecular complexity index is 1380. The Morgan fingerprint density at radius 2 is 1.04 bits per heavy atom. The van der Waals surface area contributed by atoms with Crippen LogP contribution < -0.4 is 36.0 Å². The Kier molecular flexibility index (Phi) is 14.8. The van der Waals surface area contributed by atoms with E-state index in [0.717, 1.165) is 5.69 Å². The minimum absolute atomic E-state index is 0.0310. The SMILES string of the molecule is CN(C)c1ccc(-c2nc3cc(N(CC(=O)NCCO)CC(=O)NCCO)c(N(CC(=O)NCCO)CC(=O)NCCO)cc3o2)cc1. The molecule has 3 rings (SSSR count). The molecule has 48 heavy (non-hydrogen) atoms.